The Bertz CT molecular complexity index is 484. The predicted octanol–water partition coefficient (Wildman–Crippen LogP) is 2.24. The number of hydrogen-bond donors (Lipinski definition) is 0. The summed E-state index contributed by atoms with van der Waals surface area (Å²) in [5, 5.41) is 10.8. The molecule has 5 heteroatoms. The van der Waals surface area contributed by atoms with Gasteiger partial charge in [0.05, 0.1) is 11.8 Å². The van der Waals surface area contributed by atoms with Crippen LogP contribution in [0.25, 0.3) is 0 Å². The predicted molar refractivity (Wildman–Crippen MR) is 65.0 cm³/mol. The van der Waals surface area contributed by atoms with Crippen molar-refractivity contribution < 1.29 is 14.5 Å². The Hall–Kier alpha value is -1.91. The first-order chi connectivity index (χ1) is 8.50. The van der Waals surface area contributed by atoms with Gasteiger partial charge in [-0.15, -0.1) is 0 Å². The summed E-state index contributed by atoms with van der Waals surface area (Å²) in [6.07, 6.45) is 0. The molecule has 0 saturated heterocycles. The number of carbonyl (C=O) groups is 1. The van der Waals surface area contributed by atoms with Gasteiger partial charge in [-0.1, -0.05) is 32.0 Å². The number of rotatable bonds is 3. The van der Waals surface area contributed by atoms with E-state index in [1.807, 2.05) is 19.9 Å². The van der Waals surface area contributed by atoms with Crippen LogP contribution >= 0.6 is 0 Å². The largest absolute Gasteiger partial charge is 0.426 e. The molecule has 0 N–H and O–H groups in total. The van der Waals surface area contributed by atoms with Crippen LogP contribution in [-0.2, 0) is 4.79 Å². The Labute approximate surface area is 105 Å². The molecule has 0 saturated carbocycles. The lowest BCUT2D eigenvalue weighted by molar-refractivity contribution is -0.485. The second-order valence-electron chi connectivity index (χ2n) is 4.85. The quantitative estimate of drug-likeness (QED) is 0.356. The normalized spacial score (nSPS) is 22.5. The van der Waals surface area contributed by atoms with Crippen molar-refractivity contribution in [1.29, 1.82) is 0 Å². The van der Waals surface area contributed by atoms with Crippen molar-refractivity contribution in [3.63, 3.8) is 0 Å². The molecule has 2 rings (SSSR count). The van der Waals surface area contributed by atoms with E-state index in [-0.39, 0.29) is 23.4 Å². The van der Waals surface area contributed by atoms with E-state index >= 15 is 0 Å². The van der Waals surface area contributed by atoms with Crippen LogP contribution in [0.15, 0.2) is 24.3 Å². The molecular weight excluding hydrogens is 234 g/mol. The highest BCUT2D eigenvalue weighted by molar-refractivity contribution is 5.79. The van der Waals surface area contributed by atoms with Crippen LogP contribution in [-0.4, -0.2) is 17.4 Å². The van der Waals surface area contributed by atoms with Crippen LogP contribution in [0.3, 0.4) is 0 Å². The Morgan fingerprint density at radius 1 is 1.39 bits per heavy atom. The second kappa shape index (κ2) is 4.76. The molecular formula is C13H15NO4. The third-order valence-electron chi connectivity index (χ3n) is 3.30. The molecule has 0 unspecified atom stereocenters. The van der Waals surface area contributed by atoms with E-state index in [0.29, 0.717) is 5.75 Å². The first kappa shape index (κ1) is 12.5. The summed E-state index contributed by atoms with van der Waals surface area (Å²) in [6.45, 7) is 3.52. The smallest absolute Gasteiger partial charge is 0.315 e. The number of para-hydroxylation sites is 1. The maximum absolute atomic E-state index is 11.9. The molecule has 2 atom stereocenters. The summed E-state index contributed by atoms with van der Waals surface area (Å²) in [5.41, 5.74) is 0.757. The van der Waals surface area contributed by atoms with Gasteiger partial charge >= 0.3 is 5.97 Å². The van der Waals surface area contributed by atoms with Crippen molar-refractivity contribution in [3.05, 3.63) is 39.9 Å². The molecule has 1 aromatic carbocycles. The van der Waals surface area contributed by atoms with E-state index in [9.17, 15) is 14.9 Å². The molecule has 0 bridgehead atoms. The number of nitro groups is 1. The maximum Gasteiger partial charge on any atom is 0.315 e. The minimum Gasteiger partial charge on any atom is -0.426 e. The van der Waals surface area contributed by atoms with Crippen LogP contribution in [0.4, 0.5) is 0 Å². The fraction of sp³-hybridized carbons (Fsp3) is 0.462. The van der Waals surface area contributed by atoms with Crippen molar-refractivity contribution in [3.8, 4) is 5.75 Å². The van der Waals surface area contributed by atoms with Crippen molar-refractivity contribution in [2.75, 3.05) is 6.54 Å². The first-order valence-electron chi connectivity index (χ1n) is 5.93. The summed E-state index contributed by atoms with van der Waals surface area (Å²) in [5.74, 6) is -0.764. The Balaban J connectivity index is 2.45. The molecule has 96 valence electrons. The minimum absolute atomic E-state index is 0.0100. The summed E-state index contributed by atoms with van der Waals surface area (Å²) in [4.78, 5) is 22.4. The molecule has 18 heavy (non-hydrogen) atoms. The van der Waals surface area contributed by atoms with Gasteiger partial charge < -0.3 is 4.74 Å². The number of fused-ring (bicyclic) bond motifs is 1. The standard InChI is InChI=1S/C13H15NO4/c1-8(2)12-10(7-14(16)17)9-5-3-4-6-11(9)18-13(12)15/h3-6,8,10,12H,7H2,1-2H3/t10-,12-/m1/s1. The van der Waals surface area contributed by atoms with Crippen LogP contribution in [0, 0.1) is 22.0 Å². The minimum atomic E-state index is -0.453. The van der Waals surface area contributed by atoms with Gasteiger partial charge in [0.25, 0.3) is 0 Å². The molecule has 0 radical (unpaired) electrons. The second-order valence-corrected chi connectivity index (χ2v) is 4.85. The topological polar surface area (TPSA) is 69.4 Å². The molecule has 0 aliphatic carbocycles. The van der Waals surface area contributed by atoms with Crippen molar-refractivity contribution in [2.24, 2.45) is 11.8 Å². The first-order valence-corrected chi connectivity index (χ1v) is 5.93. The molecule has 5 nitrogen and oxygen atoms in total. The highest BCUT2D eigenvalue weighted by atomic mass is 16.6. The summed E-state index contributed by atoms with van der Waals surface area (Å²) < 4.78 is 5.26. The Kier molecular flexibility index (Phi) is 3.32. The summed E-state index contributed by atoms with van der Waals surface area (Å²) >= 11 is 0. The van der Waals surface area contributed by atoms with Gasteiger partial charge in [-0.05, 0) is 12.0 Å². The van der Waals surface area contributed by atoms with E-state index in [1.165, 1.54) is 0 Å². The molecule has 1 aliphatic rings. The van der Waals surface area contributed by atoms with E-state index in [4.69, 9.17) is 4.74 Å². The fourth-order valence-corrected chi connectivity index (χ4v) is 2.52. The number of hydrogen-bond acceptors (Lipinski definition) is 4. The van der Waals surface area contributed by atoms with Crippen molar-refractivity contribution in [1.82, 2.24) is 0 Å². The third-order valence-corrected chi connectivity index (χ3v) is 3.30. The van der Waals surface area contributed by atoms with E-state index in [1.54, 1.807) is 18.2 Å². The van der Waals surface area contributed by atoms with Crippen molar-refractivity contribution in [2.45, 2.75) is 19.8 Å². The zero-order chi connectivity index (χ0) is 13.3. The van der Waals surface area contributed by atoms with Gasteiger partial charge in [0.2, 0.25) is 6.54 Å². The number of nitrogens with zero attached hydrogens (tertiary/aromatic N) is 1. The number of carbonyl (C=O) groups excluding carboxylic acids is 1. The average molecular weight is 249 g/mol. The molecule has 0 amide bonds. The highest BCUT2D eigenvalue weighted by Crippen LogP contribution is 2.40. The van der Waals surface area contributed by atoms with Gasteiger partial charge in [-0.3, -0.25) is 14.9 Å². The maximum atomic E-state index is 11.9. The molecule has 1 heterocycles. The van der Waals surface area contributed by atoms with Crippen LogP contribution in [0.1, 0.15) is 25.3 Å². The fourth-order valence-electron chi connectivity index (χ4n) is 2.52. The van der Waals surface area contributed by atoms with Gasteiger partial charge in [0.15, 0.2) is 0 Å². The Morgan fingerprint density at radius 2 is 2.06 bits per heavy atom. The molecule has 0 fully saturated rings. The van der Waals surface area contributed by atoms with E-state index < -0.39 is 11.8 Å². The highest BCUT2D eigenvalue weighted by Gasteiger charge is 2.42. The lowest BCUT2D eigenvalue weighted by atomic mass is 9.77. The van der Waals surface area contributed by atoms with Crippen molar-refractivity contribution >= 4 is 5.97 Å². The zero-order valence-corrected chi connectivity index (χ0v) is 10.3. The Morgan fingerprint density at radius 3 is 2.67 bits per heavy atom. The SMILES string of the molecule is CC(C)[C@H]1C(=O)Oc2ccccc2[C@H]1C[N+](=O)[O-]. The van der Waals surface area contributed by atoms with Gasteiger partial charge in [0, 0.05) is 10.5 Å². The van der Waals surface area contributed by atoms with Gasteiger partial charge in [-0.2, -0.15) is 0 Å². The molecule has 1 aliphatic heterocycles. The third kappa shape index (κ3) is 2.20. The molecule has 0 spiro atoms. The lowest BCUT2D eigenvalue weighted by Gasteiger charge is -2.31. The summed E-state index contributed by atoms with van der Waals surface area (Å²) in [7, 11) is 0. The van der Waals surface area contributed by atoms with Crippen LogP contribution in [0.5, 0.6) is 5.75 Å². The average Bonchev–Trinajstić information content (AvgIpc) is 2.27. The van der Waals surface area contributed by atoms with Crippen LogP contribution in [0.2, 0.25) is 0 Å². The molecule has 0 aromatic heterocycles. The number of ether oxygens (including phenoxy) is 1. The van der Waals surface area contributed by atoms with Gasteiger partial charge in [-0.25, -0.2) is 0 Å². The molecule has 1 aromatic rings. The zero-order valence-electron chi connectivity index (χ0n) is 10.3. The van der Waals surface area contributed by atoms with E-state index in [0.717, 1.165) is 5.56 Å². The van der Waals surface area contributed by atoms with Gasteiger partial charge in [0.1, 0.15) is 5.75 Å². The van der Waals surface area contributed by atoms with E-state index in [2.05, 4.69) is 0 Å². The number of benzene rings is 1. The monoisotopic (exact) mass is 249 g/mol. The lowest BCUT2D eigenvalue weighted by Crippen LogP contribution is -2.38. The number of esters is 1. The van der Waals surface area contributed by atoms with Crippen LogP contribution < -0.4 is 4.74 Å². The summed E-state index contributed by atoms with van der Waals surface area (Å²) in [6, 6.07) is 7.04.